The molecule has 3 aromatic rings. The van der Waals surface area contributed by atoms with E-state index in [9.17, 15) is 13.2 Å². The molecule has 1 atom stereocenters. The van der Waals surface area contributed by atoms with Gasteiger partial charge in [-0.3, -0.25) is 4.90 Å². The molecule has 1 heterocycles. The molecule has 3 aromatic carbocycles. The number of benzene rings is 3. The first-order valence-electron chi connectivity index (χ1n) is 9.98. The van der Waals surface area contributed by atoms with Gasteiger partial charge >= 0.3 is 6.03 Å². The number of urea groups is 1. The highest BCUT2D eigenvalue weighted by Gasteiger charge is 2.45. The summed E-state index contributed by atoms with van der Waals surface area (Å²) in [4.78, 5) is 15.0. The summed E-state index contributed by atoms with van der Waals surface area (Å²) in [5.41, 5.74) is 2.79. The molecule has 0 radical (unpaired) electrons. The monoisotopic (exact) mass is 420 g/mol. The molecule has 0 aromatic heterocycles. The van der Waals surface area contributed by atoms with Gasteiger partial charge in [-0.25, -0.2) is 17.5 Å². The number of anilines is 1. The van der Waals surface area contributed by atoms with Crippen molar-refractivity contribution in [2.24, 2.45) is 0 Å². The first kappa shape index (κ1) is 20.2. The molecule has 30 heavy (non-hydrogen) atoms. The van der Waals surface area contributed by atoms with Crippen LogP contribution in [0.2, 0.25) is 0 Å². The third-order valence-corrected chi connectivity index (χ3v) is 7.24. The van der Waals surface area contributed by atoms with E-state index in [0.29, 0.717) is 25.1 Å². The molecule has 2 amide bonds. The van der Waals surface area contributed by atoms with Crippen LogP contribution >= 0.6 is 0 Å². The highest BCUT2D eigenvalue weighted by molar-refractivity contribution is 7.89. The van der Waals surface area contributed by atoms with Crippen LogP contribution in [-0.2, 0) is 16.4 Å². The third kappa shape index (κ3) is 3.96. The van der Waals surface area contributed by atoms with Gasteiger partial charge in [0.25, 0.3) is 10.0 Å². The van der Waals surface area contributed by atoms with Gasteiger partial charge < -0.3 is 0 Å². The van der Waals surface area contributed by atoms with Crippen LogP contribution < -0.4 is 4.90 Å². The predicted octanol–water partition coefficient (Wildman–Crippen LogP) is 4.63. The van der Waals surface area contributed by atoms with Gasteiger partial charge in [0.15, 0.2) is 0 Å². The maximum atomic E-state index is 13.4. The van der Waals surface area contributed by atoms with Crippen LogP contribution in [0.1, 0.15) is 17.5 Å². The molecule has 0 bridgehead atoms. The molecule has 0 spiro atoms. The number of sulfonamides is 1. The number of para-hydroxylation sites is 1. The number of hydrogen-bond donors (Lipinski definition) is 0. The molecule has 154 valence electrons. The van der Waals surface area contributed by atoms with E-state index in [4.69, 9.17) is 0 Å². The molecular formula is C24H24N2O3S. The van der Waals surface area contributed by atoms with E-state index in [0.717, 1.165) is 15.4 Å². The maximum absolute atomic E-state index is 13.4. The molecule has 1 saturated heterocycles. The number of carbonyl (C=O) groups excluding carboxylic acids is 1. The van der Waals surface area contributed by atoms with Crippen LogP contribution in [-0.4, -0.2) is 31.3 Å². The minimum Gasteiger partial charge on any atom is -0.291 e. The normalized spacial score (nSPS) is 16.8. The Hall–Kier alpha value is -3.12. The highest BCUT2D eigenvalue weighted by atomic mass is 32.2. The average molecular weight is 421 g/mol. The van der Waals surface area contributed by atoms with Crippen LogP contribution in [0.25, 0.3) is 0 Å². The molecular weight excluding hydrogens is 396 g/mol. The van der Waals surface area contributed by atoms with Crippen LogP contribution in [0, 0.1) is 6.92 Å². The quantitative estimate of drug-likeness (QED) is 0.584. The Morgan fingerprint density at radius 1 is 0.867 bits per heavy atom. The van der Waals surface area contributed by atoms with Gasteiger partial charge in [-0.2, -0.15) is 0 Å². The topological polar surface area (TPSA) is 57.7 Å². The van der Waals surface area contributed by atoms with Crippen molar-refractivity contribution in [1.29, 1.82) is 0 Å². The van der Waals surface area contributed by atoms with Crippen molar-refractivity contribution in [3.05, 3.63) is 96.1 Å². The predicted molar refractivity (Wildman–Crippen MR) is 118 cm³/mol. The summed E-state index contributed by atoms with van der Waals surface area (Å²) in [6.07, 6.45) is 1.26. The molecule has 0 N–H and O–H groups in total. The minimum absolute atomic E-state index is 0.140. The zero-order chi connectivity index (χ0) is 21.1. The summed E-state index contributed by atoms with van der Waals surface area (Å²) in [6.45, 7) is 2.23. The largest absolute Gasteiger partial charge is 0.338 e. The second kappa shape index (κ2) is 8.32. The first-order valence-corrected chi connectivity index (χ1v) is 11.4. The van der Waals surface area contributed by atoms with Crippen molar-refractivity contribution < 1.29 is 13.2 Å². The van der Waals surface area contributed by atoms with Crippen molar-refractivity contribution in [3.63, 3.8) is 0 Å². The highest BCUT2D eigenvalue weighted by Crippen LogP contribution is 2.31. The smallest absolute Gasteiger partial charge is 0.291 e. The number of amides is 2. The fraction of sp³-hybridized carbons (Fsp3) is 0.208. The third-order valence-electron chi connectivity index (χ3n) is 5.40. The van der Waals surface area contributed by atoms with Gasteiger partial charge in [-0.05, 0) is 49.6 Å². The maximum Gasteiger partial charge on any atom is 0.338 e. The number of rotatable bonds is 6. The van der Waals surface area contributed by atoms with E-state index >= 15 is 0 Å². The fourth-order valence-corrected chi connectivity index (χ4v) is 5.35. The number of aryl methyl sites for hydroxylation is 2. The van der Waals surface area contributed by atoms with Crippen LogP contribution in [0.4, 0.5) is 10.5 Å². The van der Waals surface area contributed by atoms with Crippen molar-refractivity contribution >= 4 is 21.7 Å². The molecule has 1 unspecified atom stereocenters. The Bertz CT molecular complexity index is 1110. The zero-order valence-corrected chi connectivity index (χ0v) is 17.6. The molecule has 1 aliphatic heterocycles. The number of nitrogens with zero attached hydrogens (tertiary/aromatic N) is 2. The van der Waals surface area contributed by atoms with E-state index in [2.05, 4.69) is 0 Å². The van der Waals surface area contributed by atoms with Gasteiger partial charge in [-0.1, -0.05) is 66.2 Å². The van der Waals surface area contributed by atoms with Crippen molar-refractivity contribution in [1.82, 2.24) is 4.31 Å². The van der Waals surface area contributed by atoms with Crippen LogP contribution in [0.3, 0.4) is 0 Å². The van der Waals surface area contributed by atoms with Crippen LogP contribution in [0.5, 0.6) is 0 Å². The molecule has 6 heteroatoms. The lowest BCUT2D eigenvalue weighted by Gasteiger charge is -2.23. The standard InChI is InChI=1S/C24H24N2O3S/c1-19-12-16-23(17-13-19)30(28,29)26-22(15-14-20-8-4-2-5-9-20)18-25(24(26)27)21-10-6-3-7-11-21/h2-13,16-17,22H,14-15,18H2,1H3. The second-order valence-electron chi connectivity index (χ2n) is 7.52. The van der Waals surface area contributed by atoms with E-state index < -0.39 is 22.1 Å². The summed E-state index contributed by atoms with van der Waals surface area (Å²) < 4.78 is 27.9. The van der Waals surface area contributed by atoms with Crippen LogP contribution in [0.15, 0.2) is 89.8 Å². The lowest BCUT2D eigenvalue weighted by atomic mass is 10.1. The van der Waals surface area contributed by atoms with Crippen molar-refractivity contribution in [3.8, 4) is 0 Å². The molecule has 4 rings (SSSR count). The zero-order valence-electron chi connectivity index (χ0n) is 16.8. The second-order valence-corrected chi connectivity index (χ2v) is 9.34. The van der Waals surface area contributed by atoms with E-state index in [1.807, 2.05) is 67.6 Å². The lowest BCUT2D eigenvalue weighted by Crippen LogP contribution is -2.40. The van der Waals surface area contributed by atoms with Crippen molar-refractivity contribution in [2.45, 2.75) is 30.7 Å². The Labute approximate surface area is 177 Å². The molecule has 0 saturated carbocycles. The Kier molecular flexibility index (Phi) is 5.59. The van der Waals surface area contributed by atoms with Gasteiger partial charge in [0, 0.05) is 12.2 Å². The van der Waals surface area contributed by atoms with Gasteiger partial charge in [-0.15, -0.1) is 0 Å². The van der Waals surface area contributed by atoms with E-state index in [1.165, 1.54) is 0 Å². The van der Waals surface area contributed by atoms with Crippen molar-refractivity contribution in [2.75, 3.05) is 11.4 Å². The molecule has 5 nitrogen and oxygen atoms in total. The van der Waals surface area contributed by atoms with E-state index in [1.54, 1.807) is 29.2 Å². The number of carbonyl (C=O) groups is 1. The number of hydrogen-bond acceptors (Lipinski definition) is 3. The summed E-state index contributed by atoms with van der Waals surface area (Å²) >= 11 is 0. The Morgan fingerprint density at radius 3 is 2.10 bits per heavy atom. The SMILES string of the molecule is Cc1ccc(S(=O)(=O)N2C(=O)N(c3ccccc3)CC2CCc2ccccc2)cc1. The summed E-state index contributed by atoms with van der Waals surface area (Å²) in [5, 5.41) is 0. The average Bonchev–Trinajstić information content (AvgIpc) is 3.11. The Morgan fingerprint density at radius 2 is 1.47 bits per heavy atom. The summed E-state index contributed by atoms with van der Waals surface area (Å²) in [6, 6.07) is 24.8. The minimum atomic E-state index is -3.96. The Balaban J connectivity index is 1.67. The fourth-order valence-electron chi connectivity index (χ4n) is 3.77. The molecule has 1 fully saturated rings. The summed E-state index contributed by atoms with van der Waals surface area (Å²) in [7, 11) is -3.96. The van der Waals surface area contributed by atoms with Gasteiger partial charge in [0.2, 0.25) is 0 Å². The molecule has 1 aliphatic rings. The van der Waals surface area contributed by atoms with Gasteiger partial charge in [0.1, 0.15) is 0 Å². The lowest BCUT2D eigenvalue weighted by molar-refractivity contribution is 0.233. The summed E-state index contributed by atoms with van der Waals surface area (Å²) in [5.74, 6) is 0. The van der Waals surface area contributed by atoms with E-state index in [-0.39, 0.29) is 4.90 Å². The van der Waals surface area contributed by atoms with Gasteiger partial charge in [0.05, 0.1) is 10.9 Å². The first-order chi connectivity index (χ1) is 14.5. The molecule has 0 aliphatic carbocycles.